The molecule has 0 atom stereocenters. The largest absolute Gasteiger partial charge is 0.366 e. The van der Waals surface area contributed by atoms with Crippen molar-refractivity contribution in [1.29, 1.82) is 0 Å². The van der Waals surface area contributed by atoms with Gasteiger partial charge < -0.3 is 14.8 Å². The third kappa shape index (κ3) is 4.77. The van der Waals surface area contributed by atoms with Gasteiger partial charge in [0.2, 0.25) is 0 Å². The quantitative estimate of drug-likeness (QED) is 0.409. The second kappa shape index (κ2) is 10.7. The Bertz CT molecular complexity index is 1390. The molecule has 0 unspecified atom stereocenters. The van der Waals surface area contributed by atoms with E-state index in [1.807, 2.05) is 34.0 Å². The Balaban J connectivity index is 0.00000148. The smallest absolute Gasteiger partial charge is 0.262 e. The van der Waals surface area contributed by atoms with Gasteiger partial charge in [-0.15, -0.1) is 0 Å². The highest BCUT2D eigenvalue weighted by Gasteiger charge is 2.33. The number of aromatic nitrogens is 2. The van der Waals surface area contributed by atoms with Crippen LogP contribution in [0.4, 0.5) is 21.6 Å². The van der Waals surface area contributed by atoms with Crippen molar-refractivity contribution in [2.24, 2.45) is 7.05 Å². The van der Waals surface area contributed by atoms with Crippen molar-refractivity contribution in [2.75, 3.05) is 30.4 Å². The predicted molar refractivity (Wildman–Crippen MR) is 148 cm³/mol. The van der Waals surface area contributed by atoms with E-state index in [1.165, 1.54) is 22.8 Å². The summed E-state index contributed by atoms with van der Waals surface area (Å²) in [6.45, 7) is 9.10. The summed E-state index contributed by atoms with van der Waals surface area (Å²) >= 11 is 1.45. The average Bonchev–Trinajstić information content (AvgIpc) is 3.68. The molecule has 10 heteroatoms. The highest BCUT2D eigenvalue weighted by atomic mass is 32.2. The molecule has 2 aliphatic rings. The van der Waals surface area contributed by atoms with E-state index in [2.05, 4.69) is 19.7 Å². The molecule has 36 heavy (non-hydrogen) atoms. The average molecular weight is 515 g/mol. The maximum Gasteiger partial charge on any atom is 0.262 e. The van der Waals surface area contributed by atoms with Gasteiger partial charge in [0, 0.05) is 55.5 Å². The summed E-state index contributed by atoms with van der Waals surface area (Å²) in [4.78, 5) is 29.2. The van der Waals surface area contributed by atoms with Gasteiger partial charge in [0.1, 0.15) is 11.6 Å². The highest BCUT2D eigenvalue weighted by molar-refractivity contribution is 7.95. The summed E-state index contributed by atoms with van der Waals surface area (Å²) in [6, 6.07) is 5.31. The predicted octanol–water partition coefficient (Wildman–Crippen LogP) is 4.12. The van der Waals surface area contributed by atoms with Crippen LogP contribution in [-0.2, 0) is 7.05 Å². The third-order valence-corrected chi connectivity index (χ3v) is 7.31. The number of rotatable bonds is 7. The van der Waals surface area contributed by atoms with Crippen LogP contribution in [0.1, 0.15) is 43.9 Å². The van der Waals surface area contributed by atoms with Crippen LogP contribution < -0.4 is 30.8 Å². The van der Waals surface area contributed by atoms with Gasteiger partial charge in [0.25, 0.3) is 11.1 Å². The molecule has 5 rings (SSSR count). The number of aryl methyl sites for hydroxylation is 2. The van der Waals surface area contributed by atoms with Gasteiger partial charge >= 0.3 is 0 Å². The van der Waals surface area contributed by atoms with Gasteiger partial charge in [-0.25, -0.2) is 9.11 Å². The molecule has 0 radical (unpaired) electrons. The second-order valence-corrected chi connectivity index (χ2v) is 10.0. The first-order chi connectivity index (χ1) is 17.3. The number of benzene rings is 1. The van der Waals surface area contributed by atoms with Crippen molar-refractivity contribution in [3.05, 3.63) is 62.0 Å². The fourth-order valence-electron chi connectivity index (χ4n) is 4.60. The van der Waals surface area contributed by atoms with E-state index in [-0.39, 0.29) is 22.8 Å². The van der Waals surface area contributed by atoms with E-state index in [1.54, 1.807) is 30.7 Å². The zero-order valence-electron chi connectivity index (χ0n) is 21.7. The Morgan fingerprint density at radius 1 is 1.06 bits per heavy atom. The molecular weight excluding hydrogens is 479 g/mol. The molecule has 2 aromatic heterocycles. The molecule has 2 fully saturated rings. The number of hydrogen-bond donors (Lipinski definition) is 3. The Hall–Kier alpha value is -2.82. The standard InChI is InChI=1S/C24H29FN6O2S.C2H6/c1-13-5-8-18(17(25)9-13)27-22-21-20(14(2)23(32)29(22)4)19(12-31(24(21)33)16-6-7-16)30-10-15(11-30)28-34-26-3;1-2/h5,8-9,12,15-16,26-28H,6-7,10-11H2,1-4H3;1-2H3. The molecule has 1 aliphatic heterocycles. The molecule has 1 saturated heterocycles. The number of nitrogens with zero attached hydrogens (tertiary/aromatic N) is 3. The minimum Gasteiger partial charge on any atom is -0.366 e. The van der Waals surface area contributed by atoms with Crippen LogP contribution in [-0.4, -0.2) is 35.3 Å². The fourth-order valence-corrected chi connectivity index (χ4v) is 5.03. The number of nitrogens with one attached hydrogen (secondary N) is 3. The monoisotopic (exact) mass is 514 g/mol. The third-order valence-electron chi connectivity index (χ3n) is 6.66. The first-order valence-corrected chi connectivity index (χ1v) is 13.3. The molecule has 1 aliphatic carbocycles. The number of halogens is 1. The van der Waals surface area contributed by atoms with Crippen molar-refractivity contribution >= 4 is 40.1 Å². The lowest BCUT2D eigenvalue weighted by molar-refractivity contribution is 0.491. The zero-order valence-corrected chi connectivity index (χ0v) is 22.6. The highest BCUT2D eigenvalue weighted by Crippen LogP contribution is 2.39. The van der Waals surface area contributed by atoms with E-state index >= 15 is 0 Å². The zero-order chi connectivity index (χ0) is 26.1. The van der Waals surface area contributed by atoms with Crippen LogP contribution in [0.5, 0.6) is 0 Å². The van der Waals surface area contributed by atoms with Crippen LogP contribution in [0.2, 0.25) is 0 Å². The molecule has 3 aromatic rings. The first kappa shape index (κ1) is 26.2. The normalized spacial score (nSPS) is 15.5. The summed E-state index contributed by atoms with van der Waals surface area (Å²) < 4.78 is 24.3. The molecule has 1 aromatic carbocycles. The molecule has 0 bridgehead atoms. The van der Waals surface area contributed by atoms with Crippen molar-refractivity contribution in [3.8, 4) is 0 Å². The number of anilines is 3. The van der Waals surface area contributed by atoms with Gasteiger partial charge in [0.05, 0.1) is 22.8 Å². The molecule has 0 spiro atoms. The fraction of sp³-hybridized carbons (Fsp3) is 0.462. The molecule has 1 saturated carbocycles. The van der Waals surface area contributed by atoms with Crippen molar-refractivity contribution < 1.29 is 4.39 Å². The van der Waals surface area contributed by atoms with Gasteiger partial charge in [-0.2, -0.15) is 0 Å². The molecule has 3 N–H and O–H groups in total. The molecule has 3 heterocycles. The SMILES string of the molecule is CC.CNSNC1CN(c2cn(C3CC3)c(=O)c3c(Nc4ccc(C)cc4F)n(C)c(=O)c(C)c23)C1. The van der Waals surface area contributed by atoms with E-state index in [4.69, 9.17) is 0 Å². The number of pyridine rings is 2. The van der Waals surface area contributed by atoms with Gasteiger partial charge in [-0.3, -0.25) is 18.9 Å². The lowest BCUT2D eigenvalue weighted by Gasteiger charge is -2.42. The summed E-state index contributed by atoms with van der Waals surface area (Å²) in [5.41, 5.74) is 2.04. The topological polar surface area (TPSA) is 83.3 Å². The van der Waals surface area contributed by atoms with Crippen LogP contribution in [0.15, 0.2) is 34.0 Å². The van der Waals surface area contributed by atoms with Crippen LogP contribution in [0.3, 0.4) is 0 Å². The van der Waals surface area contributed by atoms with E-state index in [0.29, 0.717) is 28.2 Å². The Morgan fingerprint density at radius 3 is 2.36 bits per heavy atom. The Morgan fingerprint density at radius 2 is 1.75 bits per heavy atom. The number of fused-ring (bicyclic) bond motifs is 1. The van der Waals surface area contributed by atoms with Crippen molar-refractivity contribution in [3.63, 3.8) is 0 Å². The Kier molecular flexibility index (Phi) is 7.77. The second-order valence-electron chi connectivity index (χ2n) is 9.18. The summed E-state index contributed by atoms with van der Waals surface area (Å²) in [5.74, 6) is -0.117. The summed E-state index contributed by atoms with van der Waals surface area (Å²) in [7, 11) is 3.48. The van der Waals surface area contributed by atoms with Gasteiger partial charge in [-0.1, -0.05) is 19.9 Å². The molecule has 194 valence electrons. The first-order valence-electron chi connectivity index (χ1n) is 12.4. The maximum absolute atomic E-state index is 14.7. The summed E-state index contributed by atoms with van der Waals surface area (Å²) in [6.07, 6.45) is 3.81. The van der Waals surface area contributed by atoms with E-state index in [0.717, 1.165) is 37.2 Å². The van der Waals surface area contributed by atoms with Crippen LogP contribution >= 0.6 is 12.1 Å². The van der Waals surface area contributed by atoms with Gasteiger partial charge in [-0.05, 0) is 51.4 Å². The lowest BCUT2D eigenvalue weighted by Crippen LogP contribution is -2.57. The lowest BCUT2D eigenvalue weighted by atomic mass is 10.0. The Labute approximate surface area is 215 Å². The summed E-state index contributed by atoms with van der Waals surface area (Å²) in [5, 5.41) is 4.14. The molecule has 8 nitrogen and oxygen atoms in total. The molecule has 0 amide bonds. The van der Waals surface area contributed by atoms with Gasteiger partial charge in [0.15, 0.2) is 0 Å². The van der Waals surface area contributed by atoms with Crippen molar-refractivity contribution in [2.45, 2.75) is 52.6 Å². The van der Waals surface area contributed by atoms with Crippen molar-refractivity contribution in [1.82, 2.24) is 18.6 Å². The molecular formula is C26H35FN6O2S. The van der Waals surface area contributed by atoms with Crippen LogP contribution in [0, 0.1) is 19.7 Å². The van der Waals surface area contributed by atoms with Crippen LogP contribution in [0.25, 0.3) is 10.8 Å². The van der Waals surface area contributed by atoms with E-state index in [9.17, 15) is 14.0 Å². The minimum absolute atomic E-state index is 0.157. The number of hydrogen-bond acceptors (Lipinski definition) is 7. The van der Waals surface area contributed by atoms with E-state index < -0.39 is 5.82 Å². The maximum atomic E-state index is 14.7. The minimum atomic E-state index is -0.432.